The zero-order valence-electron chi connectivity index (χ0n) is 10.4. The summed E-state index contributed by atoms with van der Waals surface area (Å²) in [5.41, 5.74) is 0. The molecule has 2 rings (SSSR count). The van der Waals surface area contributed by atoms with Crippen molar-refractivity contribution in [1.29, 1.82) is 0 Å². The van der Waals surface area contributed by atoms with E-state index in [-0.39, 0.29) is 12.2 Å². The number of halogens is 2. The summed E-state index contributed by atoms with van der Waals surface area (Å²) in [6.07, 6.45) is 2.39. The van der Waals surface area contributed by atoms with Gasteiger partial charge >= 0.3 is 11.4 Å². The average molecular weight is 282 g/mol. The van der Waals surface area contributed by atoms with Gasteiger partial charge in [-0.1, -0.05) is 0 Å². The van der Waals surface area contributed by atoms with Crippen LogP contribution in [0.5, 0.6) is 0 Å². The lowest BCUT2D eigenvalue weighted by molar-refractivity contribution is 0.0776. The third-order valence-electron chi connectivity index (χ3n) is 3.64. The van der Waals surface area contributed by atoms with Gasteiger partial charge in [0.05, 0.1) is 12.2 Å². The Morgan fingerprint density at radius 2 is 1.06 bits per heavy atom. The second kappa shape index (κ2) is 6.91. The smallest absolute Gasteiger partial charge is 0.265 e. The molecule has 0 N–H and O–H groups in total. The highest BCUT2D eigenvalue weighted by molar-refractivity contribution is 7.75. The number of hydrogen-bond acceptors (Lipinski definition) is 3. The van der Waals surface area contributed by atoms with E-state index in [4.69, 9.17) is 8.37 Å². The molecule has 0 heterocycles. The third kappa shape index (κ3) is 4.55. The second-order valence-electron chi connectivity index (χ2n) is 5.14. The molecule has 0 radical (unpaired) electrons. The minimum Gasteiger partial charge on any atom is -0.265 e. The fourth-order valence-electron chi connectivity index (χ4n) is 2.48. The monoisotopic (exact) mass is 282 g/mol. The molecule has 0 amide bonds. The summed E-state index contributed by atoms with van der Waals surface area (Å²) in [5.74, 6) is 0. The SMILES string of the molecule is O=S(OC1CCC(F)CC1)OC1CCC(F)CC1. The molecule has 0 saturated heterocycles. The molecule has 0 atom stereocenters. The van der Waals surface area contributed by atoms with Crippen LogP contribution in [-0.4, -0.2) is 28.8 Å². The number of hydrogen-bond donors (Lipinski definition) is 0. The minimum absolute atomic E-state index is 0.171. The van der Waals surface area contributed by atoms with Gasteiger partial charge in [0.15, 0.2) is 0 Å². The van der Waals surface area contributed by atoms with Crippen LogP contribution in [0.1, 0.15) is 51.4 Å². The molecule has 2 aliphatic rings. The van der Waals surface area contributed by atoms with Crippen molar-refractivity contribution < 1.29 is 21.4 Å². The first-order valence-electron chi connectivity index (χ1n) is 6.67. The minimum atomic E-state index is -1.78. The average Bonchev–Trinajstić information content (AvgIpc) is 2.35. The molecule has 106 valence electrons. The molecular formula is C12H20F2O3S. The lowest BCUT2D eigenvalue weighted by Gasteiger charge is -2.26. The zero-order valence-corrected chi connectivity index (χ0v) is 11.2. The van der Waals surface area contributed by atoms with Crippen molar-refractivity contribution in [3.63, 3.8) is 0 Å². The maximum atomic E-state index is 12.9. The van der Waals surface area contributed by atoms with Gasteiger partial charge in [0, 0.05) is 0 Å². The lowest BCUT2D eigenvalue weighted by Crippen LogP contribution is -2.27. The second-order valence-corrected chi connectivity index (χ2v) is 5.94. The summed E-state index contributed by atoms with van der Waals surface area (Å²) in [5, 5.41) is 0. The van der Waals surface area contributed by atoms with Crippen molar-refractivity contribution in [2.75, 3.05) is 0 Å². The van der Waals surface area contributed by atoms with Crippen LogP contribution in [0.3, 0.4) is 0 Å². The molecule has 0 aromatic heterocycles. The lowest BCUT2D eigenvalue weighted by atomic mass is 9.96. The van der Waals surface area contributed by atoms with Crippen LogP contribution in [0.2, 0.25) is 0 Å². The molecule has 0 bridgehead atoms. The van der Waals surface area contributed by atoms with E-state index in [0.717, 1.165) is 0 Å². The van der Waals surface area contributed by atoms with Gasteiger partial charge in [0.2, 0.25) is 0 Å². The molecule has 6 heteroatoms. The van der Waals surface area contributed by atoms with Crippen LogP contribution in [0.25, 0.3) is 0 Å². The maximum Gasteiger partial charge on any atom is 0.305 e. The summed E-state index contributed by atoms with van der Waals surface area (Å²) in [7, 11) is 0. The summed E-state index contributed by atoms with van der Waals surface area (Å²) in [4.78, 5) is 0. The topological polar surface area (TPSA) is 35.5 Å². The largest absolute Gasteiger partial charge is 0.305 e. The molecule has 2 saturated carbocycles. The first kappa shape index (κ1) is 14.3. The van der Waals surface area contributed by atoms with Gasteiger partial charge in [0.25, 0.3) is 0 Å². The van der Waals surface area contributed by atoms with E-state index in [0.29, 0.717) is 51.4 Å². The Hall–Kier alpha value is -0.0700. The quantitative estimate of drug-likeness (QED) is 0.794. The Bertz CT molecular complexity index is 248. The van der Waals surface area contributed by atoms with Gasteiger partial charge < -0.3 is 0 Å². The van der Waals surface area contributed by atoms with Crippen LogP contribution in [-0.2, 0) is 19.7 Å². The molecule has 0 spiro atoms. The molecule has 0 aromatic carbocycles. The molecule has 0 aromatic rings. The van der Waals surface area contributed by atoms with E-state index in [1.165, 1.54) is 0 Å². The van der Waals surface area contributed by atoms with Gasteiger partial charge in [0.1, 0.15) is 12.3 Å². The van der Waals surface area contributed by atoms with Crippen LogP contribution >= 0.6 is 0 Å². The molecule has 3 nitrogen and oxygen atoms in total. The van der Waals surface area contributed by atoms with E-state index in [1.807, 2.05) is 0 Å². The van der Waals surface area contributed by atoms with Gasteiger partial charge in [-0.15, -0.1) is 0 Å². The number of alkyl halides is 2. The van der Waals surface area contributed by atoms with Crippen molar-refractivity contribution >= 4 is 11.4 Å². The predicted octanol–water partition coefficient (Wildman–Crippen LogP) is 3.16. The van der Waals surface area contributed by atoms with Crippen molar-refractivity contribution in [1.82, 2.24) is 0 Å². The van der Waals surface area contributed by atoms with Crippen LogP contribution in [0, 0.1) is 0 Å². The van der Waals surface area contributed by atoms with Crippen LogP contribution < -0.4 is 0 Å². The summed E-state index contributed by atoms with van der Waals surface area (Å²) < 4.78 is 48.0. The van der Waals surface area contributed by atoms with Gasteiger partial charge in [-0.25, -0.2) is 8.78 Å². The van der Waals surface area contributed by atoms with Crippen molar-refractivity contribution in [2.24, 2.45) is 0 Å². The van der Waals surface area contributed by atoms with Gasteiger partial charge in [-0.3, -0.25) is 8.37 Å². The fraction of sp³-hybridized carbons (Fsp3) is 1.00. The Balaban J connectivity index is 1.66. The summed E-state index contributed by atoms with van der Waals surface area (Å²) in [6, 6.07) is 0. The fourth-order valence-corrected chi connectivity index (χ4v) is 3.36. The first-order chi connectivity index (χ1) is 8.63. The highest BCUT2D eigenvalue weighted by Gasteiger charge is 2.26. The first-order valence-corrected chi connectivity index (χ1v) is 7.67. The number of rotatable bonds is 4. The van der Waals surface area contributed by atoms with E-state index in [2.05, 4.69) is 0 Å². The highest BCUT2D eigenvalue weighted by atomic mass is 32.2. The van der Waals surface area contributed by atoms with E-state index in [1.54, 1.807) is 0 Å². The highest BCUT2D eigenvalue weighted by Crippen LogP contribution is 2.27. The normalized spacial score (nSPS) is 39.4. The molecule has 0 aliphatic heterocycles. The third-order valence-corrected chi connectivity index (χ3v) is 4.50. The van der Waals surface area contributed by atoms with Crippen molar-refractivity contribution in [3.8, 4) is 0 Å². The van der Waals surface area contributed by atoms with Crippen LogP contribution in [0.15, 0.2) is 0 Å². The van der Waals surface area contributed by atoms with E-state index in [9.17, 15) is 13.0 Å². The predicted molar refractivity (Wildman–Crippen MR) is 64.6 cm³/mol. The Morgan fingerprint density at radius 3 is 1.39 bits per heavy atom. The molecule has 0 unspecified atom stereocenters. The molecule has 2 fully saturated rings. The van der Waals surface area contributed by atoms with Gasteiger partial charge in [-0.2, -0.15) is 4.21 Å². The van der Waals surface area contributed by atoms with Crippen molar-refractivity contribution in [2.45, 2.75) is 75.9 Å². The van der Waals surface area contributed by atoms with Crippen molar-refractivity contribution in [3.05, 3.63) is 0 Å². The standard InChI is InChI=1S/C12H20F2O3S/c13-9-1-5-11(6-2-9)16-18(15)17-12-7-3-10(14)4-8-12/h9-12H,1-8H2. The molecular weight excluding hydrogens is 262 g/mol. The Morgan fingerprint density at radius 1 is 0.722 bits per heavy atom. The van der Waals surface area contributed by atoms with Crippen LogP contribution in [0.4, 0.5) is 8.78 Å². The molecule has 2 aliphatic carbocycles. The summed E-state index contributed by atoms with van der Waals surface area (Å²) in [6.45, 7) is 0. The van der Waals surface area contributed by atoms with Gasteiger partial charge in [-0.05, 0) is 51.4 Å². The zero-order chi connectivity index (χ0) is 13.0. The van der Waals surface area contributed by atoms with E-state index >= 15 is 0 Å². The molecule has 18 heavy (non-hydrogen) atoms. The Kier molecular flexibility index (Phi) is 5.51. The summed E-state index contributed by atoms with van der Waals surface area (Å²) >= 11 is -1.78. The van der Waals surface area contributed by atoms with E-state index < -0.39 is 23.7 Å². The maximum absolute atomic E-state index is 12.9. The Labute approximate surface area is 109 Å².